The summed E-state index contributed by atoms with van der Waals surface area (Å²) in [6.07, 6.45) is 3.88. The van der Waals surface area contributed by atoms with Crippen molar-refractivity contribution < 1.29 is 0 Å². The Kier molecular flexibility index (Phi) is 28.2. The maximum Gasteiger partial charge on any atom is 0.0103 e. The smallest absolute Gasteiger partial charge is 0.0103 e. The SMILES string of the molecule is CC.CCCCNCCC.CN(C)CCN(C)C. The zero-order chi connectivity index (χ0) is 14.8. The summed E-state index contributed by atoms with van der Waals surface area (Å²) < 4.78 is 0. The van der Waals surface area contributed by atoms with Crippen LogP contribution in [0.4, 0.5) is 0 Å². The van der Waals surface area contributed by atoms with Crippen LogP contribution in [0.2, 0.25) is 0 Å². The maximum absolute atomic E-state index is 3.34. The molecule has 18 heavy (non-hydrogen) atoms. The largest absolute Gasteiger partial charge is 0.317 e. The van der Waals surface area contributed by atoms with Crippen LogP contribution in [0.1, 0.15) is 47.0 Å². The average molecular weight is 261 g/mol. The second-order valence-electron chi connectivity index (χ2n) is 4.71. The summed E-state index contributed by atoms with van der Waals surface area (Å²) in [5, 5.41) is 3.34. The fourth-order valence-electron chi connectivity index (χ4n) is 1.00. The van der Waals surface area contributed by atoms with E-state index in [-0.39, 0.29) is 0 Å². The van der Waals surface area contributed by atoms with E-state index >= 15 is 0 Å². The van der Waals surface area contributed by atoms with Gasteiger partial charge in [0.2, 0.25) is 0 Å². The molecule has 0 heterocycles. The Morgan fingerprint density at radius 3 is 1.44 bits per heavy atom. The van der Waals surface area contributed by atoms with Crippen LogP contribution in [0.25, 0.3) is 0 Å². The Morgan fingerprint density at radius 2 is 1.17 bits per heavy atom. The van der Waals surface area contributed by atoms with Crippen LogP contribution in [0.3, 0.4) is 0 Å². The van der Waals surface area contributed by atoms with E-state index in [0.29, 0.717) is 0 Å². The van der Waals surface area contributed by atoms with E-state index in [2.05, 4.69) is 57.2 Å². The fraction of sp³-hybridized carbons (Fsp3) is 1.00. The lowest BCUT2D eigenvalue weighted by atomic mass is 10.3. The molecule has 0 bridgehead atoms. The number of nitrogens with one attached hydrogen (secondary N) is 1. The lowest BCUT2D eigenvalue weighted by molar-refractivity contribution is 0.320. The van der Waals surface area contributed by atoms with Crippen molar-refractivity contribution >= 4 is 0 Å². The van der Waals surface area contributed by atoms with Crippen LogP contribution >= 0.6 is 0 Å². The highest BCUT2D eigenvalue weighted by Gasteiger charge is 1.89. The molecule has 0 radical (unpaired) electrons. The lowest BCUT2D eigenvalue weighted by Crippen LogP contribution is -2.25. The molecule has 3 nitrogen and oxygen atoms in total. The molecular formula is C15H39N3. The predicted octanol–water partition coefficient (Wildman–Crippen LogP) is 2.92. The number of hydrogen-bond acceptors (Lipinski definition) is 3. The van der Waals surface area contributed by atoms with Gasteiger partial charge in [0.1, 0.15) is 0 Å². The summed E-state index contributed by atoms with van der Waals surface area (Å²) in [6, 6.07) is 0. The zero-order valence-electron chi connectivity index (χ0n) is 14.3. The Balaban J connectivity index is -0.000000219. The molecule has 0 aliphatic heterocycles. The molecule has 0 aliphatic rings. The zero-order valence-corrected chi connectivity index (χ0v) is 14.3. The van der Waals surface area contributed by atoms with Crippen molar-refractivity contribution in [3.05, 3.63) is 0 Å². The molecule has 1 N–H and O–H groups in total. The number of unbranched alkanes of at least 4 members (excludes halogenated alkanes) is 1. The van der Waals surface area contributed by atoms with Gasteiger partial charge in [-0.3, -0.25) is 0 Å². The number of hydrogen-bond donors (Lipinski definition) is 1. The van der Waals surface area contributed by atoms with Crippen molar-refractivity contribution in [2.24, 2.45) is 0 Å². The van der Waals surface area contributed by atoms with Crippen LogP contribution < -0.4 is 5.32 Å². The standard InChI is InChI=1S/C7H17N.C6H16N2.C2H6/c1-3-5-7-8-6-4-2;1-7(2)5-6-8(3)4;1-2/h8H,3-7H2,1-2H3;5-6H2,1-4H3;1-2H3. The van der Waals surface area contributed by atoms with Crippen molar-refractivity contribution in [3.8, 4) is 0 Å². The Morgan fingerprint density at radius 1 is 0.722 bits per heavy atom. The molecule has 0 unspecified atom stereocenters. The van der Waals surface area contributed by atoms with Gasteiger partial charge in [-0.1, -0.05) is 34.1 Å². The summed E-state index contributed by atoms with van der Waals surface area (Å²) in [5.74, 6) is 0. The molecule has 0 aromatic heterocycles. The van der Waals surface area contributed by atoms with E-state index in [0.717, 1.165) is 13.1 Å². The van der Waals surface area contributed by atoms with Gasteiger partial charge < -0.3 is 15.1 Å². The third kappa shape index (κ3) is 36.0. The summed E-state index contributed by atoms with van der Waals surface area (Å²) in [7, 11) is 8.35. The minimum absolute atomic E-state index is 1.15. The summed E-state index contributed by atoms with van der Waals surface area (Å²) in [5.41, 5.74) is 0. The topological polar surface area (TPSA) is 18.5 Å². The van der Waals surface area contributed by atoms with Gasteiger partial charge in [0.05, 0.1) is 0 Å². The van der Waals surface area contributed by atoms with E-state index in [4.69, 9.17) is 0 Å². The summed E-state index contributed by atoms with van der Waals surface area (Å²) in [4.78, 5) is 4.36. The van der Waals surface area contributed by atoms with Crippen LogP contribution in [0, 0.1) is 0 Å². The van der Waals surface area contributed by atoms with Gasteiger partial charge in [-0.2, -0.15) is 0 Å². The molecule has 0 amide bonds. The summed E-state index contributed by atoms with van der Waals surface area (Å²) >= 11 is 0. The molecule has 0 rings (SSSR count). The molecule has 0 aliphatic carbocycles. The average Bonchev–Trinajstić information content (AvgIpc) is 2.35. The number of likely N-dealkylation sites (N-methyl/N-ethyl adjacent to an activating group) is 2. The van der Waals surface area contributed by atoms with Crippen molar-refractivity contribution in [3.63, 3.8) is 0 Å². The van der Waals surface area contributed by atoms with Crippen molar-refractivity contribution in [2.75, 3.05) is 54.4 Å². The molecule has 0 atom stereocenters. The molecule has 0 aromatic rings. The lowest BCUT2D eigenvalue weighted by Gasteiger charge is -2.13. The first-order valence-corrected chi connectivity index (χ1v) is 7.54. The molecular weight excluding hydrogens is 222 g/mol. The first kappa shape index (κ1) is 23.0. The van der Waals surface area contributed by atoms with Gasteiger partial charge in [0, 0.05) is 13.1 Å². The van der Waals surface area contributed by atoms with E-state index < -0.39 is 0 Å². The highest BCUT2D eigenvalue weighted by atomic mass is 15.1. The van der Waals surface area contributed by atoms with Gasteiger partial charge in [0.15, 0.2) is 0 Å². The van der Waals surface area contributed by atoms with Crippen molar-refractivity contribution in [2.45, 2.75) is 47.0 Å². The first-order chi connectivity index (χ1) is 8.54. The number of nitrogens with zero attached hydrogens (tertiary/aromatic N) is 2. The Labute approximate surface area is 117 Å². The van der Waals surface area contributed by atoms with E-state index in [1.807, 2.05) is 13.8 Å². The molecule has 3 heteroatoms. The third-order valence-electron chi connectivity index (χ3n) is 2.13. The monoisotopic (exact) mass is 261 g/mol. The van der Waals surface area contributed by atoms with Gasteiger partial charge in [-0.05, 0) is 54.1 Å². The molecule has 0 aromatic carbocycles. The van der Waals surface area contributed by atoms with E-state index in [1.54, 1.807) is 0 Å². The second kappa shape index (κ2) is 22.1. The molecule has 0 fully saturated rings. The minimum Gasteiger partial charge on any atom is -0.317 e. The van der Waals surface area contributed by atoms with Crippen LogP contribution in [-0.2, 0) is 0 Å². The number of rotatable bonds is 8. The van der Waals surface area contributed by atoms with Crippen molar-refractivity contribution in [1.29, 1.82) is 0 Å². The second-order valence-corrected chi connectivity index (χ2v) is 4.71. The third-order valence-corrected chi connectivity index (χ3v) is 2.13. The fourth-order valence-corrected chi connectivity index (χ4v) is 1.00. The minimum atomic E-state index is 1.15. The van der Waals surface area contributed by atoms with Crippen LogP contribution in [0.5, 0.6) is 0 Å². The Hall–Kier alpha value is -0.120. The predicted molar refractivity (Wildman–Crippen MR) is 86.5 cm³/mol. The molecule has 0 spiro atoms. The highest BCUT2D eigenvalue weighted by Crippen LogP contribution is 1.81. The molecule has 114 valence electrons. The summed E-state index contributed by atoms with van der Waals surface area (Å²) in [6.45, 7) is 13.1. The normalized spacial score (nSPS) is 9.67. The van der Waals surface area contributed by atoms with Gasteiger partial charge >= 0.3 is 0 Å². The van der Waals surface area contributed by atoms with E-state index in [1.165, 1.54) is 32.4 Å². The van der Waals surface area contributed by atoms with Gasteiger partial charge in [-0.15, -0.1) is 0 Å². The van der Waals surface area contributed by atoms with Crippen LogP contribution in [0.15, 0.2) is 0 Å². The van der Waals surface area contributed by atoms with Crippen LogP contribution in [-0.4, -0.2) is 64.2 Å². The van der Waals surface area contributed by atoms with Gasteiger partial charge in [-0.25, -0.2) is 0 Å². The first-order valence-electron chi connectivity index (χ1n) is 7.54. The maximum atomic E-state index is 3.34. The highest BCUT2D eigenvalue weighted by molar-refractivity contribution is 4.46. The molecule has 0 saturated carbocycles. The quantitative estimate of drug-likeness (QED) is 0.678. The molecule has 0 saturated heterocycles. The van der Waals surface area contributed by atoms with E-state index in [9.17, 15) is 0 Å². The van der Waals surface area contributed by atoms with Crippen molar-refractivity contribution in [1.82, 2.24) is 15.1 Å². The Bertz CT molecular complexity index is 100. The van der Waals surface area contributed by atoms with Gasteiger partial charge in [0.25, 0.3) is 0 Å².